The summed E-state index contributed by atoms with van der Waals surface area (Å²) in [6.45, 7) is 1.52. The first-order valence-electron chi connectivity index (χ1n) is 7.13. The van der Waals surface area contributed by atoms with Gasteiger partial charge >= 0.3 is 5.97 Å². The Morgan fingerprint density at radius 1 is 1.19 bits per heavy atom. The minimum absolute atomic E-state index is 0.491. The first-order chi connectivity index (χ1) is 10.1. The lowest BCUT2D eigenvalue weighted by Crippen LogP contribution is -2.37. The highest BCUT2D eigenvalue weighted by molar-refractivity contribution is 7.80. The summed E-state index contributed by atoms with van der Waals surface area (Å²) in [7, 11) is 0. The topological polar surface area (TPSA) is 87.4 Å². The van der Waals surface area contributed by atoms with Crippen molar-refractivity contribution in [1.82, 2.24) is 10.6 Å². The zero-order chi connectivity index (χ0) is 15.5. The Hall–Kier alpha value is -1.66. The third kappa shape index (κ3) is 8.27. The van der Waals surface area contributed by atoms with Crippen molar-refractivity contribution < 1.29 is 9.90 Å². The van der Waals surface area contributed by atoms with Crippen LogP contribution in [0.2, 0.25) is 0 Å². The molecule has 1 aromatic carbocycles. The van der Waals surface area contributed by atoms with Gasteiger partial charge in [0.15, 0.2) is 5.11 Å². The van der Waals surface area contributed by atoms with Crippen LogP contribution in [0.4, 0.5) is 0 Å². The van der Waals surface area contributed by atoms with Crippen molar-refractivity contribution >= 4 is 23.3 Å². The quantitative estimate of drug-likeness (QED) is 0.237. The maximum Gasteiger partial charge on any atom is 0.320 e. The molecule has 0 aliphatic carbocycles. The van der Waals surface area contributed by atoms with Gasteiger partial charge in [0, 0.05) is 13.1 Å². The second kappa shape index (κ2) is 10.1. The molecule has 1 rings (SSSR count). The molecule has 0 spiro atoms. The number of aliphatic carboxylic acids is 1. The molecule has 0 saturated carbocycles. The Morgan fingerprint density at radius 3 is 2.52 bits per heavy atom. The first kappa shape index (κ1) is 17.4. The minimum Gasteiger partial charge on any atom is -0.480 e. The maximum atomic E-state index is 10.5. The Morgan fingerprint density at radius 2 is 1.86 bits per heavy atom. The molecule has 0 heterocycles. The van der Waals surface area contributed by atoms with Gasteiger partial charge in [-0.25, -0.2) is 0 Å². The molecule has 0 bridgehead atoms. The zero-order valence-electron chi connectivity index (χ0n) is 12.0. The summed E-state index contributed by atoms with van der Waals surface area (Å²) in [4.78, 5) is 10.5. The van der Waals surface area contributed by atoms with E-state index in [1.807, 2.05) is 18.2 Å². The molecule has 0 aromatic heterocycles. The minimum atomic E-state index is -0.943. The standard InChI is InChI=1S/C15H23N3O2S/c16-13(14(19)20)8-4-5-10-17-15(21)18-11-9-12-6-2-1-3-7-12/h1-3,6-7,13H,4-5,8-11,16H2,(H,19,20)(H2,17,18,21)/t13-/m1/s1/i4+1,5+1,8+1,10+1,13+1,14+1,16+1,17+1. The second-order valence-corrected chi connectivity index (χ2v) is 5.27. The van der Waals surface area contributed by atoms with Gasteiger partial charge in [0.05, 0.1) is 0 Å². The number of thiocarbonyl (C=S) groups is 1. The third-order valence-electron chi connectivity index (χ3n) is 3.09. The van der Waals surface area contributed by atoms with Gasteiger partial charge in [-0.1, -0.05) is 30.3 Å². The van der Waals surface area contributed by atoms with E-state index < -0.39 is 12.0 Å². The molecule has 0 unspecified atom stereocenters. The van der Waals surface area contributed by atoms with Crippen LogP contribution < -0.4 is 16.4 Å². The molecule has 21 heavy (non-hydrogen) atoms. The average Bonchev–Trinajstić information content (AvgIpc) is 2.47. The van der Waals surface area contributed by atoms with Gasteiger partial charge in [0.2, 0.25) is 0 Å². The normalized spacial score (nSPS) is 11.7. The van der Waals surface area contributed by atoms with Crippen molar-refractivity contribution in [3.8, 4) is 0 Å². The van der Waals surface area contributed by atoms with Crippen molar-refractivity contribution in [3.05, 3.63) is 35.9 Å². The Bertz CT molecular complexity index is 440. The molecule has 1 atom stereocenters. The predicted molar refractivity (Wildman–Crippen MR) is 88.2 cm³/mol. The van der Waals surface area contributed by atoms with E-state index in [0.717, 1.165) is 32.4 Å². The molecule has 1 aromatic rings. The highest BCUT2D eigenvalue weighted by Crippen LogP contribution is 1.99. The summed E-state index contributed by atoms with van der Waals surface area (Å²) < 4.78 is 0. The number of rotatable bonds is 9. The van der Waals surface area contributed by atoms with Crippen LogP contribution in [0.5, 0.6) is 0 Å². The largest absolute Gasteiger partial charge is 0.480 e. The summed E-state index contributed by atoms with van der Waals surface area (Å²) in [5.74, 6) is -0.943. The first-order valence-corrected chi connectivity index (χ1v) is 7.54. The SMILES string of the molecule is [15NH2][13C@H]([13CH2][13CH2][13CH2][13CH2][15NH]C(=S)NCCc1ccccc1)[13C](=O)O. The van der Waals surface area contributed by atoms with Crippen LogP contribution in [0.3, 0.4) is 0 Å². The second-order valence-electron chi connectivity index (χ2n) is 4.86. The van der Waals surface area contributed by atoms with Crippen LogP contribution in [-0.4, -0.2) is 35.3 Å². The van der Waals surface area contributed by atoms with Crippen molar-refractivity contribution in [1.29, 1.82) is 0 Å². The van der Waals surface area contributed by atoms with Gasteiger partial charge in [-0.15, -0.1) is 0 Å². The van der Waals surface area contributed by atoms with Gasteiger partial charge in [0.1, 0.15) is 6.04 Å². The van der Waals surface area contributed by atoms with E-state index in [0.29, 0.717) is 11.5 Å². The predicted octanol–water partition coefficient (Wildman–Crippen LogP) is 1.28. The van der Waals surface area contributed by atoms with Gasteiger partial charge in [-0.3, -0.25) is 4.79 Å². The number of nitrogens with two attached hydrogens (primary N) is 1. The van der Waals surface area contributed by atoms with Crippen molar-refractivity contribution in [2.75, 3.05) is 13.1 Å². The highest BCUT2D eigenvalue weighted by Gasteiger charge is 2.09. The van der Waals surface area contributed by atoms with Gasteiger partial charge in [-0.05, 0) is 43.5 Å². The Kier molecular flexibility index (Phi) is 8.38. The molecule has 5 nitrogen and oxygen atoms in total. The van der Waals surface area contributed by atoms with E-state index in [2.05, 4.69) is 22.8 Å². The van der Waals surface area contributed by atoms with E-state index in [4.69, 9.17) is 23.1 Å². The average molecular weight is 317 g/mol. The van der Waals surface area contributed by atoms with Crippen LogP contribution in [0.15, 0.2) is 30.3 Å². The Balaban J connectivity index is 2.00. The van der Waals surface area contributed by atoms with E-state index in [1.165, 1.54) is 5.56 Å². The van der Waals surface area contributed by atoms with Crippen molar-refractivity contribution in [2.24, 2.45) is 5.73 Å². The molecule has 6 heteroatoms. The molecule has 0 fully saturated rings. The Labute approximate surface area is 130 Å². The zero-order valence-corrected chi connectivity index (χ0v) is 12.9. The molecule has 0 aliphatic heterocycles. The number of hydrogen-bond acceptors (Lipinski definition) is 3. The molecular formula is C15H23N3O2S. The molecular weight excluding hydrogens is 294 g/mol. The fourth-order valence-electron chi connectivity index (χ4n) is 1.84. The van der Waals surface area contributed by atoms with Gasteiger partial charge in [-0.2, -0.15) is 0 Å². The maximum absolute atomic E-state index is 10.5. The van der Waals surface area contributed by atoms with E-state index in [9.17, 15) is 4.79 Å². The van der Waals surface area contributed by atoms with Gasteiger partial charge < -0.3 is 21.5 Å². The molecule has 0 radical (unpaired) electrons. The molecule has 0 amide bonds. The summed E-state index contributed by atoms with van der Waals surface area (Å²) in [5, 5.41) is 15.5. The molecule has 0 saturated heterocycles. The van der Waals surface area contributed by atoms with Crippen molar-refractivity contribution in [3.63, 3.8) is 0 Å². The van der Waals surface area contributed by atoms with Crippen LogP contribution in [0, 0.1) is 0 Å². The van der Waals surface area contributed by atoms with E-state index in [-0.39, 0.29) is 0 Å². The summed E-state index contributed by atoms with van der Waals surface area (Å²) in [6, 6.07) is 9.45. The van der Waals surface area contributed by atoms with E-state index in [1.54, 1.807) is 0 Å². The van der Waals surface area contributed by atoms with Gasteiger partial charge in [0.25, 0.3) is 0 Å². The highest BCUT2D eigenvalue weighted by atomic mass is 32.1. The third-order valence-corrected chi connectivity index (χ3v) is 3.38. The lowest BCUT2D eigenvalue weighted by Gasteiger charge is -2.11. The lowest BCUT2D eigenvalue weighted by molar-refractivity contribution is -0.138. The van der Waals surface area contributed by atoms with Crippen LogP contribution in [0.1, 0.15) is 24.8 Å². The van der Waals surface area contributed by atoms with E-state index >= 15 is 0 Å². The summed E-state index contributed by atoms with van der Waals surface area (Å²) >= 11 is 5.17. The number of nitrogens with one attached hydrogen (secondary N) is 2. The fourth-order valence-corrected chi connectivity index (χ4v) is 2.05. The number of carbonyl (C=O) groups is 1. The van der Waals surface area contributed by atoms with Crippen molar-refractivity contribution in [2.45, 2.75) is 31.7 Å². The lowest BCUT2D eigenvalue weighted by atomic mass is 10.2. The number of hydrogen-bond donors (Lipinski definition) is 4. The smallest absolute Gasteiger partial charge is 0.320 e. The molecule has 5 N–H and O–H groups in total. The number of unbranched alkanes of at least 4 members (excludes halogenated alkanes) is 1. The number of benzene rings is 1. The number of carboxylic acid groups (broad SMARTS) is 1. The van der Waals surface area contributed by atoms with Crippen LogP contribution in [-0.2, 0) is 11.2 Å². The monoisotopic (exact) mass is 317 g/mol. The number of carboxylic acids is 1. The fraction of sp³-hybridized carbons (Fsp3) is 0.467. The van der Waals surface area contributed by atoms with Crippen LogP contribution >= 0.6 is 12.2 Å². The summed E-state index contributed by atoms with van der Waals surface area (Å²) in [5.41, 5.74) is 6.70. The molecule has 116 valence electrons. The van der Waals surface area contributed by atoms with Crippen LogP contribution in [0.25, 0.3) is 0 Å². The molecule has 0 aliphatic rings. The summed E-state index contributed by atoms with van der Waals surface area (Å²) in [6.07, 6.45) is 3.04.